The standard InChI is InChI=1S/C13H24N4O2/c1-7(2)15-12(18)11-9(16-11)5-8(3)17(4)13(19)10-6-14-10/h7-11,14,16H,5-6H2,1-4H3,(H,15,18). The lowest BCUT2D eigenvalue weighted by Gasteiger charge is -2.24. The third-order valence-corrected chi connectivity index (χ3v) is 3.71. The highest BCUT2D eigenvalue weighted by Gasteiger charge is 2.44. The van der Waals surface area contributed by atoms with Crippen molar-refractivity contribution >= 4 is 11.8 Å². The Bertz CT molecular complexity index is 368. The van der Waals surface area contributed by atoms with Crippen LogP contribution < -0.4 is 16.0 Å². The molecule has 2 rings (SSSR count). The Morgan fingerprint density at radius 2 is 2.00 bits per heavy atom. The summed E-state index contributed by atoms with van der Waals surface area (Å²) in [4.78, 5) is 25.4. The smallest absolute Gasteiger partial charge is 0.241 e. The number of rotatable bonds is 6. The molecule has 19 heavy (non-hydrogen) atoms. The third-order valence-electron chi connectivity index (χ3n) is 3.71. The fourth-order valence-corrected chi connectivity index (χ4v) is 2.23. The van der Waals surface area contributed by atoms with Gasteiger partial charge in [-0.25, -0.2) is 0 Å². The number of hydrogen-bond donors (Lipinski definition) is 3. The van der Waals surface area contributed by atoms with Gasteiger partial charge in [0.15, 0.2) is 0 Å². The first-order valence-electron chi connectivity index (χ1n) is 6.96. The van der Waals surface area contributed by atoms with Crippen LogP contribution in [0, 0.1) is 0 Å². The lowest BCUT2D eigenvalue weighted by molar-refractivity contribution is -0.131. The minimum atomic E-state index is -0.0904. The van der Waals surface area contributed by atoms with Gasteiger partial charge in [-0.2, -0.15) is 0 Å². The summed E-state index contributed by atoms with van der Waals surface area (Å²) in [6.45, 7) is 6.72. The molecular weight excluding hydrogens is 244 g/mol. The van der Waals surface area contributed by atoms with E-state index in [9.17, 15) is 9.59 Å². The van der Waals surface area contributed by atoms with Gasteiger partial charge in [0.25, 0.3) is 0 Å². The minimum Gasteiger partial charge on any atom is -0.353 e. The molecule has 0 aromatic heterocycles. The van der Waals surface area contributed by atoms with Crippen LogP contribution in [0.25, 0.3) is 0 Å². The van der Waals surface area contributed by atoms with Crippen molar-refractivity contribution < 1.29 is 9.59 Å². The van der Waals surface area contributed by atoms with E-state index >= 15 is 0 Å². The number of carbonyl (C=O) groups excluding carboxylic acids is 2. The van der Waals surface area contributed by atoms with E-state index in [1.165, 1.54) is 0 Å². The maximum absolute atomic E-state index is 11.9. The molecule has 6 heteroatoms. The summed E-state index contributed by atoms with van der Waals surface area (Å²) in [5.41, 5.74) is 0. The zero-order chi connectivity index (χ0) is 14.2. The van der Waals surface area contributed by atoms with Crippen LogP contribution in [-0.4, -0.2) is 60.5 Å². The van der Waals surface area contributed by atoms with Crippen LogP contribution in [0.15, 0.2) is 0 Å². The van der Waals surface area contributed by atoms with Crippen molar-refractivity contribution in [1.82, 2.24) is 20.9 Å². The quantitative estimate of drug-likeness (QED) is 0.542. The second kappa shape index (κ2) is 5.46. The highest BCUT2D eigenvalue weighted by Crippen LogP contribution is 2.20. The predicted molar refractivity (Wildman–Crippen MR) is 72.6 cm³/mol. The molecule has 2 fully saturated rings. The Morgan fingerprint density at radius 3 is 2.53 bits per heavy atom. The van der Waals surface area contributed by atoms with E-state index in [4.69, 9.17) is 0 Å². The summed E-state index contributed by atoms with van der Waals surface area (Å²) in [7, 11) is 1.83. The Hall–Kier alpha value is -1.14. The highest BCUT2D eigenvalue weighted by molar-refractivity contribution is 5.86. The van der Waals surface area contributed by atoms with Crippen molar-refractivity contribution in [3.8, 4) is 0 Å². The summed E-state index contributed by atoms with van der Waals surface area (Å²) < 4.78 is 0. The van der Waals surface area contributed by atoms with Gasteiger partial charge in [-0.3, -0.25) is 14.9 Å². The molecule has 0 aliphatic carbocycles. The summed E-state index contributed by atoms with van der Waals surface area (Å²) >= 11 is 0. The van der Waals surface area contributed by atoms with E-state index in [1.807, 2.05) is 27.8 Å². The van der Waals surface area contributed by atoms with Crippen LogP contribution in [0.1, 0.15) is 27.2 Å². The zero-order valence-corrected chi connectivity index (χ0v) is 12.1. The topological polar surface area (TPSA) is 93.3 Å². The van der Waals surface area contributed by atoms with Gasteiger partial charge in [-0.05, 0) is 27.2 Å². The molecule has 2 aliphatic heterocycles. The number of likely N-dealkylation sites (N-methyl/N-ethyl adjacent to an activating group) is 1. The monoisotopic (exact) mass is 268 g/mol. The Kier molecular flexibility index (Phi) is 4.10. The van der Waals surface area contributed by atoms with Gasteiger partial charge >= 0.3 is 0 Å². The summed E-state index contributed by atoms with van der Waals surface area (Å²) in [6.07, 6.45) is 0.811. The lowest BCUT2D eigenvalue weighted by Crippen LogP contribution is -2.40. The first-order valence-corrected chi connectivity index (χ1v) is 6.96. The van der Waals surface area contributed by atoms with Crippen molar-refractivity contribution in [2.24, 2.45) is 0 Å². The molecule has 2 aliphatic rings. The van der Waals surface area contributed by atoms with Gasteiger partial charge < -0.3 is 15.5 Å². The number of amides is 2. The van der Waals surface area contributed by atoms with Crippen molar-refractivity contribution in [3.05, 3.63) is 0 Å². The van der Waals surface area contributed by atoms with Gasteiger partial charge in [0.1, 0.15) is 6.04 Å². The van der Waals surface area contributed by atoms with E-state index < -0.39 is 0 Å². The highest BCUT2D eigenvalue weighted by atomic mass is 16.2. The van der Waals surface area contributed by atoms with Crippen molar-refractivity contribution in [1.29, 1.82) is 0 Å². The van der Waals surface area contributed by atoms with Gasteiger partial charge in [-0.1, -0.05) is 0 Å². The van der Waals surface area contributed by atoms with Crippen LogP contribution in [0.2, 0.25) is 0 Å². The Balaban J connectivity index is 1.73. The van der Waals surface area contributed by atoms with E-state index in [0.717, 1.165) is 13.0 Å². The van der Waals surface area contributed by atoms with Crippen molar-refractivity contribution in [2.75, 3.05) is 13.6 Å². The molecule has 108 valence electrons. The molecule has 0 radical (unpaired) electrons. The van der Waals surface area contributed by atoms with Crippen LogP contribution in [-0.2, 0) is 9.59 Å². The van der Waals surface area contributed by atoms with Crippen molar-refractivity contribution in [3.63, 3.8) is 0 Å². The summed E-state index contributed by atoms with van der Waals surface area (Å²) in [5.74, 6) is 0.210. The van der Waals surface area contributed by atoms with Gasteiger partial charge in [-0.15, -0.1) is 0 Å². The second-order valence-electron chi connectivity index (χ2n) is 5.91. The number of nitrogens with zero attached hydrogens (tertiary/aromatic N) is 1. The fraction of sp³-hybridized carbons (Fsp3) is 0.846. The largest absolute Gasteiger partial charge is 0.353 e. The third kappa shape index (κ3) is 3.67. The molecule has 2 saturated heterocycles. The summed E-state index contributed by atoms with van der Waals surface area (Å²) in [5, 5.41) is 9.09. The van der Waals surface area contributed by atoms with Crippen molar-refractivity contribution in [2.45, 2.75) is 57.4 Å². The molecule has 6 nitrogen and oxygen atoms in total. The van der Waals surface area contributed by atoms with E-state index in [-0.39, 0.29) is 42.0 Å². The first kappa shape index (κ1) is 14.3. The average molecular weight is 268 g/mol. The Labute approximate surface area is 114 Å². The number of hydrogen-bond acceptors (Lipinski definition) is 4. The van der Waals surface area contributed by atoms with E-state index in [2.05, 4.69) is 16.0 Å². The molecule has 2 heterocycles. The lowest BCUT2D eigenvalue weighted by atomic mass is 10.1. The predicted octanol–water partition coefficient (Wildman–Crippen LogP) is -0.940. The minimum absolute atomic E-state index is 0.0136. The van der Waals surface area contributed by atoms with E-state index in [1.54, 1.807) is 4.90 Å². The molecule has 3 N–H and O–H groups in total. The maximum atomic E-state index is 11.9. The molecule has 0 saturated carbocycles. The van der Waals surface area contributed by atoms with E-state index in [0.29, 0.717) is 0 Å². The Morgan fingerprint density at radius 1 is 1.37 bits per heavy atom. The fourth-order valence-electron chi connectivity index (χ4n) is 2.23. The molecule has 0 spiro atoms. The van der Waals surface area contributed by atoms with Gasteiger partial charge in [0.05, 0.1) is 6.04 Å². The zero-order valence-electron chi connectivity index (χ0n) is 12.1. The normalized spacial score (nSPS) is 29.8. The number of carbonyl (C=O) groups is 2. The molecule has 2 amide bonds. The molecule has 0 aromatic carbocycles. The number of nitrogens with one attached hydrogen (secondary N) is 3. The molecular formula is C13H24N4O2. The van der Waals surface area contributed by atoms with Gasteiger partial charge in [0.2, 0.25) is 11.8 Å². The van der Waals surface area contributed by atoms with Crippen LogP contribution in [0.3, 0.4) is 0 Å². The molecule has 4 unspecified atom stereocenters. The average Bonchev–Trinajstić information content (AvgIpc) is 3.19. The SMILES string of the molecule is CC(C)NC(=O)C1NC1CC(C)N(C)C(=O)C1CN1. The molecule has 0 aromatic rings. The molecule has 0 bridgehead atoms. The van der Waals surface area contributed by atoms with Gasteiger partial charge in [0, 0.05) is 31.7 Å². The first-order chi connectivity index (χ1) is 8.90. The summed E-state index contributed by atoms with van der Waals surface area (Å²) in [6, 6.07) is 0.422. The molecule has 4 atom stereocenters. The second-order valence-corrected chi connectivity index (χ2v) is 5.91. The van der Waals surface area contributed by atoms with Crippen LogP contribution in [0.4, 0.5) is 0 Å². The van der Waals surface area contributed by atoms with Crippen LogP contribution in [0.5, 0.6) is 0 Å². The van der Waals surface area contributed by atoms with Crippen LogP contribution >= 0.6 is 0 Å². The maximum Gasteiger partial charge on any atom is 0.241 e.